The van der Waals surface area contributed by atoms with Crippen LogP contribution in [-0.4, -0.2) is 19.2 Å². The molecule has 0 amide bonds. The number of hydrogen-bond donors (Lipinski definition) is 0. The number of carbonyl (C=O) groups is 1. The van der Waals surface area contributed by atoms with Crippen LogP contribution in [0.3, 0.4) is 0 Å². The Bertz CT molecular complexity index is 382. The Morgan fingerprint density at radius 2 is 2.00 bits per heavy atom. The van der Waals surface area contributed by atoms with Gasteiger partial charge >= 0.3 is 5.97 Å². The van der Waals surface area contributed by atoms with E-state index in [2.05, 4.69) is 0 Å². The Balaban J connectivity index is 2.77. The lowest BCUT2D eigenvalue weighted by molar-refractivity contribution is -0.147. The molecule has 0 saturated heterocycles. The van der Waals surface area contributed by atoms with Gasteiger partial charge in [-0.1, -0.05) is 37.3 Å². The third-order valence-corrected chi connectivity index (χ3v) is 2.40. The van der Waals surface area contributed by atoms with Gasteiger partial charge in [0.2, 0.25) is 5.76 Å². The van der Waals surface area contributed by atoms with E-state index in [1.54, 1.807) is 6.08 Å². The fourth-order valence-corrected chi connectivity index (χ4v) is 1.23. The number of methoxy groups -OCH3 is 1. The van der Waals surface area contributed by atoms with Crippen LogP contribution in [0.25, 0.3) is 6.08 Å². The third-order valence-electron chi connectivity index (χ3n) is 2.40. The molecular formula is C14H18O3. The molecule has 0 aliphatic heterocycles. The molecule has 1 unspecified atom stereocenters. The van der Waals surface area contributed by atoms with Gasteiger partial charge in [0.25, 0.3) is 0 Å². The van der Waals surface area contributed by atoms with Crippen LogP contribution in [-0.2, 0) is 14.3 Å². The lowest BCUT2D eigenvalue weighted by Gasteiger charge is -2.12. The highest BCUT2D eigenvalue weighted by molar-refractivity contribution is 5.91. The molecule has 3 heteroatoms. The van der Waals surface area contributed by atoms with Crippen molar-refractivity contribution >= 4 is 12.0 Å². The minimum Gasteiger partial charge on any atom is -0.490 e. The molecule has 1 aromatic carbocycles. The summed E-state index contributed by atoms with van der Waals surface area (Å²) < 4.78 is 10.2. The molecule has 92 valence electrons. The van der Waals surface area contributed by atoms with E-state index in [-0.39, 0.29) is 11.9 Å². The van der Waals surface area contributed by atoms with Crippen molar-refractivity contribution in [2.75, 3.05) is 7.11 Å². The number of rotatable bonds is 5. The van der Waals surface area contributed by atoms with Gasteiger partial charge in [-0.2, -0.15) is 0 Å². The second-order valence-electron chi connectivity index (χ2n) is 3.75. The van der Waals surface area contributed by atoms with Crippen LogP contribution in [0.5, 0.6) is 0 Å². The second-order valence-corrected chi connectivity index (χ2v) is 3.75. The van der Waals surface area contributed by atoms with E-state index in [1.165, 1.54) is 7.11 Å². The molecule has 3 nitrogen and oxygen atoms in total. The third kappa shape index (κ3) is 4.31. The first-order valence-corrected chi connectivity index (χ1v) is 5.69. The van der Waals surface area contributed by atoms with Crippen molar-refractivity contribution in [1.82, 2.24) is 0 Å². The van der Waals surface area contributed by atoms with Gasteiger partial charge in [-0.05, 0) is 25.0 Å². The lowest BCUT2D eigenvalue weighted by Crippen LogP contribution is -2.16. The number of hydrogen-bond acceptors (Lipinski definition) is 3. The summed E-state index contributed by atoms with van der Waals surface area (Å²) in [5, 5.41) is 0. The minimum atomic E-state index is -0.425. The molecule has 0 heterocycles. The van der Waals surface area contributed by atoms with Crippen molar-refractivity contribution in [2.45, 2.75) is 26.4 Å². The van der Waals surface area contributed by atoms with Crippen LogP contribution in [0.4, 0.5) is 0 Å². The maximum Gasteiger partial charge on any atom is 0.373 e. The largest absolute Gasteiger partial charge is 0.490 e. The molecule has 0 N–H and O–H groups in total. The van der Waals surface area contributed by atoms with Crippen molar-refractivity contribution in [3.8, 4) is 0 Å². The van der Waals surface area contributed by atoms with Crippen LogP contribution in [0.15, 0.2) is 36.1 Å². The summed E-state index contributed by atoms with van der Waals surface area (Å²) in [5.74, 6) is -0.206. The molecule has 0 spiro atoms. The van der Waals surface area contributed by atoms with E-state index in [0.29, 0.717) is 0 Å². The van der Waals surface area contributed by atoms with Crippen LogP contribution in [0.1, 0.15) is 25.8 Å². The standard InChI is InChI=1S/C14H18O3/c1-4-11(2)17-14(15)13(16-3)10-12-8-6-5-7-9-12/h5-11H,4H2,1-3H3. The molecule has 0 radical (unpaired) electrons. The highest BCUT2D eigenvalue weighted by Gasteiger charge is 2.14. The molecule has 0 fully saturated rings. The summed E-state index contributed by atoms with van der Waals surface area (Å²) in [6.07, 6.45) is 2.36. The number of benzene rings is 1. The van der Waals surface area contributed by atoms with Gasteiger partial charge < -0.3 is 9.47 Å². The quantitative estimate of drug-likeness (QED) is 0.446. The molecule has 0 saturated carbocycles. The zero-order valence-electron chi connectivity index (χ0n) is 10.5. The Morgan fingerprint density at radius 3 is 2.53 bits per heavy atom. The molecule has 0 bridgehead atoms. The molecule has 1 aromatic rings. The van der Waals surface area contributed by atoms with Crippen molar-refractivity contribution in [3.63, 3.8) is 0 Å². The summed E-state index contributed by atoms with van der Waals surface area (Å²) in [6.45, 7) is 3.82. The summed E-state index contributed by atoms with van der Waals surface area (Å²) in [7, 11) is 1.46. The molecule has 0 aliphatic carbocycles. The highest BCUT2D eigenvalue weighted by Crippen LogP contribution is 2.10. The smallest absolute Gasteiger partial charge is 0.373 e. The predicted octanol–water partition coefficient (Wildman–Crippen LogP) is 3.02. The SMILES string of the molecule is CCC(C)OC(=O)C(=Cc1ccccc1)OC. The summed E-state index contributed by atoms with van der Waals surface area (Å²) in [6, 6.07) is 9.52. The molecule has 0 aliphatic rings. The Morgan fingerprint density at radius 1 is 1.35 bits per heavy atom. The van der Waals surface area contributed by atoms with Gasteiger partial charge in [0, 0.05) is 0 Å². The van der Waals surface area contributed by atoms with Crippen molar-refractivity contribution in [2.24, 2.45) is 0 Å². The lowest BCUT2D eigenvalue weighted by atomic mass is 10.2. The van der Waals surface area contributed by atoms with Crippen LogP contribution < -0.4 is 0 Å². The monoisotopic (exact) mass is 234 g/mol. The Labute approximate surface area is 102 Å². The van der Waals surface area contributed by atoms with Crippen molar-refractivity contribution in [1.29, 1.82) is 0 Å². The summed E-state index contributed by atoms with van der Waals surface area (Å²) in [4.78, 5) is 11.7. The fourth-order valence-electron chi connectivity index (χ4n) is 1.23. The maximum atomic E-state index is 11.7. The van der Waals surface area contributed by atoms with Crippen LogP contribution in [0.2, 0.25) is 0 Å². The van der Waals surface area contributed by atoms with Gasteiger partial charge in [0.1, 0.15) is 0 Å². The van der Waals surface area contributed by atoms with Gasteiger partial charge in [-0.3, -0.25) is 0 Å². The van der Waals surface area contributed by atoms with Crippen molar-refractivity contribution in [3.05, 3.63) is 41.7 Å². The minimum absolute atomic E-state index is 0.100. The first-order valence-electron chi connectivity index (χ1n) is 5.69. The highest BCUT2D eigenvalue weighted by atomic mass is 16.6. The van der Waals surface area contributed by atoms with Crippen LogP contribution >= 0.6 is 0 Å². The zero-order valence-corrected chi connectivity index (χ0v) is 10.5. The first kappa shape index (κ1) is 13.3. The number of esters is 1. The van der Waals surface area contributed by atoms with E-state index >= 15 is 0 Å². The molecule has 17 heavy (non-hydrogen) atoms. The van der Waals surface area contributed by atoms with E-state index in [1.807, 2.05) is 44.2 Å². The Kier molecular flexibility index (Phi) is 5.27. The van der Waals surface area contributed by atoms with Crippen molar-refractivity contribution < 1.29 is 14.3 Å². The second kappa shape index (κ2) is 6.74. The summed E-state index contributed by atoms with van der Waals surface area (Å²) in [5.41, 5.74) is 0.908. The summed E-state index contributed by atoms with van der Waals surface area (Å²) >= 11 is 0. The number of carbonyl (C=O) groups excluding carboxylic acids is 1. The molecular weight excluding hydrogens is 216 g/mol. The average molecular weight is 234 g/mol. The zero-order chi connectivity index (χ0) is 12.7. The fraction of sp³-hybridized carbons (Fsp3) is 0.357. The van der Waals surface area contributed by atoms with Crippen LogP contribution in [0, 0.1) is 0 Å². The first-order chi connectivity index (χ1) is 8.17. The van der Waals surface area contributed by atoms with E-state index in [4.69, 9.17) is 9.47 Å². The van der Waals surface area contributed by atoms with E-state index in [0.717, 1.165) is 12.0 Å². The molecule has 0 aromatic heterocycles. The normalized spacial score (nSPS) is 13.0. The van der Waals surface area contributed by atoms with Gasteiger partial charge in [-0.25, -0.2) is 4.79 Å². The van der Waals surface area contributed by atoms with E-state index in [9.17, 15) is 4.79 Å². The van der Waals surface area contributed by atoms with Gasteiger partial charge in [0.05, 0.1) is 13.2 Å². The van der Waals surface area contributed by atoms with Gasteiger partial charge in [-0.15, -0.1) is 0 Å². The molecule has 1 atom stereocenters. The predicted molar refractivity (Wildman–Crippen MR) is 67.3 cm³/mol. The average Bonchev–Trinajstić information content (AvgIpc) is 2.36. The topological polar surface area (TPSA) is 35.5 Å². The Hall–Kier alpha value is -1.77. The van der Waals surface area contributed by atoms with Gasteiger partial charge in [0.15, 0.2) is 0 Å². The number of ether oxygens (including phenoxy) is 2. The van der Waals surface area contributed by atoms with E-state index < -0.39 is 5.97 Å². The maximum absolute atomic E-state index is 11.7. The molecule has 1 rings (SSSR count).